The molecule has 4 nitrogen and oxygen atoms in total. The van der Waals surface area contributed by atoms with Gasteiger partial charge in [-0.3, -0.25) is 4.79 Å². The maximum absolute atomic E-state index is 11.8. The Morgan fingerprint density at radius 3 is 2.39 bits per heavy atom. The molecule has 1 aromatic rings. The third-order valence-electron chi connectivity index (χ3n) is 3.03. The summed E-state index contributed by atoms with van der Waals surface area (Å²) < 4.78 is 23.6. The summed E-state index contributed by atoms with van der Waals surface area (Å²) in [5, 5.41) is -0.645. The highest BCUT2D eigenvalue weighted by molar-refractivity contribution is 7.90. The monoisotopic (exact) mass is 287 g/mol. The largest absolute Gasteiger partial charge is 0.370 e. The van der Waals surface area contributed by atoms with Crippen LogP contribution in [0.3, 0.4) is 0 Å². The van der Waals surface area contributed by atoms with Crippen molar-refractivity contribution < 1.29 is 13.2 Å². The lowest BCUT2D eigenvalue weighted by atomic mass is 10.2. The second-order valence-corrected chi connectivity index (χ2v) is 6.75. The number of carbonyl (C=O) groups excluding carboxylic acids is 1. The van der Waals surface area contributed by atoms with Gasteiger partial charge < -0.3 is 4.90 Å². The summed E-state index contributed by atoms with van der Waals surface area (Å²) >= 11 is 5.39. The van der Waals surface area contributed by atoms with E-state index in [0.29, 0.717) is 5.69 Å². The number of anilines is 1. The first-order valence-corrected chi connectivity index (χ1v) is 7.95. The Morgan fingerprint density at radius 1 is 1.28 bits per heavy atom. The van der Waals surface area contributed by atoms with Gasteiger partial charge in [-0.2, -0.15) is 0 Å². The molecule has 1 saturated heterocycles. The minimum atomic E-state index is -3.38. The average molecular weight is 288 g/mol. The minimum absolute atomic E-state index is 0.177. The van der Waals surface area contributed by atoms with Crippen LogP contribution in [-0.2, 0) is 9.84 Å². The number of carbonyl (C=O) groups is 1. The zero-order chi connectivity index (χ0) is 13.3. The summed E-state index contributed by atoms with van der Waals surface area (Å²) in [6.07, 6.45) is 3.25. The van der Waals surface area contributed by atoms with Crippen molar-refractivity contribution in [1.29, 1.82) is 0 Å². The van der Waals surface area contributed by atoms with E-state index in [-0.39, 0.29) is 10.5 Å². The van der Waals surface area contributed by atoms with Gasteiger partial charge in [0.2, 0.25) is 0 Å². The molecule has 0 unspecified atom stereocenters. The number of hydrogen-bond acceptors (Lipinski definition) is 4. The Labute approximate surface area is 111 Å². The van der Waals surface area contributed by atoms with Crippen molar-refractivity contribution in [3.05, 3.63) is 23.8 Å². The molecule has 0 aromatic heterocycles. The second-order valence-electron chi connectivity index (χ2n) is 4.42. The molecular formula is C12H14ClNO3S. The quantitative estimate of drug-likeness (QED) is 0.799. The van der Waals surface area contributed by atoms with Gasteiger partial charge in [0, 0.05) is 24.9 Å². The predicted octanol–water partition coefficient (Wildman–Crippen LogP) is 2.07. The van der Waals surface area contributed by atoms with Crippen LogP contribution in [0.4, 0.5) is 5.69 Å². The first-order valence-electron chi connectivity index (χ1n) is 5.68. The van der Waals surface area contributed by atoms with Crippen molar-refractivity contribution in [2.24, 2.45) is 0 Å². The number of hydrogen-bond donors (Lipinski definition) is 0. The van der Waals surface area contributed by atoms with Gasteiger partial charge in [-0.25, -0.2) is 8.42 Å². The Bertz CT molecular complexity index is 577. The van der Waals surface area contributed by atoms with Crippen LogP contribution in [0.5, 0.6) is 0 Å². The van der Waals surface area contributed by atoms with Crippen molar-refractivity contribution >= 4 is 32.4 Å². The van der Waals surface area contributed by atoms with E-state index in [1.165, 1.54) is 6.07 Å². The highest BCUT2D eigenvalue weighted by Crippen LogP contribution is 2.29. The molecule has 0 N–H and O–H groups in total. The van der Waals surface area contributed by atoms with Crippen LogP contribution in [0, 0.1) is 0 Å². The van der Waals surface area contributed by atoms with Gasteiger partial charge in [0.05, 0.1) is 10.6 Å². The number of benzene rings is 1. The number of nitrogens with zero attached hydrogens (tertiary/aromatic N) is 1. The molecule has 1 aliphatic rings. The minimum Gasteiger partial charge on any atom is -0.370 e. The third-order valence-corrected chi connectivity index (χ3v) is 4.38. The summed E-state index contributed by atoms with van der Waals surface area (Å²) in [5.74, 6) is 0. The maximum atomic E-state index is 11.8. The normalized spacial score (nSPS) is 16.0. The van der Waals surface area contributed by atoms with E-state index in [2.05, 4.69) is 0 Å². The highest BCUT2D eigenvalue weighted by atomic mass is 35.5. The molecule has 6 heteroatoms. The average Bonchev–Trinajstić information content (AvgIpc) is 2.80. The van der Waals surface area contributed by atoms with E-state index in [9.17, 15) is 13.2 Å². The second kappa shape index (κ2) is 4.90. The molecule has 1 aliphatic heterocycles. The molecule has 0 amide bonds. The van der Waals surface area contributed by atoms with Crippen molar-refractivity contribution in [2.45, 2.75) is 17.7 Å². The van der Waals surface area contributed by atoms with Crippen LogP contribution in [0.15, 0.2) is 23.1 Å². The van der Waals surface area contributed by atoms with Crippen LogP contribution in [-0.4, -0.2) is 33.0 Å². The summed E-state index contributed by atoms with van der Waals surface area (Å²) in [5.41, 5.74) is 0.872. The predicted molar refractivity (Wildman–Crippen MR) is 71.2 cm³/mol. The topological polar surface area (TPSA) is 54.5 Å². The Hall–Kier alpha value is -1.07. The Morgan fingerprint density at radius 2 is 1.89 bits per heavy atom. The lowest BCUT2D eigenvalue weighted by Gasteiger charge is -2.20. The lowest BCUT2D eigenvalue weighted by Crippen LogP contribution is -2.20. The lowest BCUT2D eigenvalue weighted by molar-refractivity contribution is 0.108. The third kappa shape index (κ3) is 2.67. The van der Waals surface area contributed by atoms with Crippen LogP contribution >= 0.6 is 11.6 Å². The van der Waals surface area contributed by atoms with E-state index >= 15 is 0 Å². The molecule has 0 atom stereocenters. The molecule has 2 rings (SSSR count). The van der Waals surface area contributed by atoms with Gasteiger partial charge in [-0.15, -0.1) is 0 Å². The fourth-order valence-corrected chi connectivity index (χ4v) is 3.19. The van der Waals surface area contributed by atoms with E-state index in [1.807, 2.05) is 4.90 Å². The van der Waals surface area contributed by atoms with E-state index in [1.54, 1.807) is 12.1 Å². The molecule has 1 aromatic carbocycles. The van der Waals surface area contributed by atoms with Crippen LogP contribution < -0.4 is 4.90 Å². The summed E-state index contributed by atoms with van der Waals surface area (Å²) in [7, 11) is -3.38. The zero-order valence-corrected chi connectivity index (χ0v) is 11.6. The number of rotatable bonds is 3. The molecule has 0 saturated carbocycles. The maximum Gasteiger partial charge on any atom is 0.252 e. The smallest absolute Gasteiger partial charge is 0.252 e. The van der Waals surface area contributed by atoms with Crippen molar-refractivity contribution in [3.63, 3.8) is 0 Å². The van der Waals surface area contributed by atoms with Gasteiger partial charge in [0.15, 0.2) is 9.84 Å². The first kappa shape index (κ1) is 13.4. The highest BCUT2D eigenvalue weighted by Gasteiger charge is 2.22. The SMILES string of the molecule is CS(=O)(=O)c1cc(C(=O)Cl)ccc1N1CCCC1. The summed E-state index contributed by atoms with van der Waals surface area (Å²) in [4.78, 5) is 13.3. The van der Waals surface area contributed by atoms with Crippen molar-refractivity contribution in [1.82, 2.24) is 0 Å². The summed E-state index contributed by atoms with van der Waals surface area (Å²) in [6, 6.07) is 4.59. The molecule has 0 radical (unpaired) electrons. The molecule has 0 aliphatic carbocycles. The van der Waals surface area contributed by atoms with Gasteiger partial charge in [0.25, 0.3) is 5.24 Å². The number of sulfone groups is 1. The van der Waals surface area contributed by atoms with Crippen molar-refractivity contribution in [2.75, 3.05) is 24.2 Å². The standard InChI is InChI=1S/C12H14ClNO3S/c1-18(16,17)11-8-9(12(13)15)4-5-10(11)14-6-2-3-7-14/h4-5,8H,2-3,6-7H2,1H3. The van der Waals surface area contributed by atoms with E-state index in [4.69, 9.17) is 11.6 Å². The van der Waals surface area contributed by atoms with Crippen molar-refractivity contribution in [3.8, 4) is 0 Å². The fourth-order valence-electron chi connectivity index (χ4n) is 2.15. The zero-order valence-electron chi connectivity index (χ0n) is 10.0. The van der Waals surface area contributed by atoms with Crippen LogP contribution in [0.1, 0.15) is 23.2 Å². The molecule has 1 heterocycles. The molecule has 0 spiro atoms. The van der Waals surface area contributed by atoms with Crippen LogP contribution in [0.25, 0.3) is 0 Å². The van der Waals surface area contributed by atoms with Gasteiger partial charge in [0.1, 0.15) is 0 Å². The molecule has 0 bridgehead atoms. The molecular weight excluding hydrogens is 274 g/mol. The first-order chi connectivity index (χ1) is 8.39. The van der Waals surface area contributed by atoms with Gasteiger partial charge in [-0.05, 0) is 42.6 Å². The van der Waals surface area contributed by atoms with E-state index < -0.39 is 15.1 Å². The van der Waals surface area contributed by atoms with E-state index in [0.717, 1.165) is 32.2 Å². The fraction of sp³-hybridized carbons (Fsp3) is 0.417. The van der Waals surface area contributed by atoms with Gasteiger partial charge in [-0.1, -0.05) is 0 Å². The van der Waals surface area contributed by atoms with Gasteiger partial charge >= 0.3 is 0 Å². The molecule has 1 fully saturated rings. The Kier molecular flexibility index (Phi) is 3.64. The summed E-state index contributed by atoms with van der Waals surface area (Å²) in [6.45, 7) is 1.69. The molecule has 18 heavy (non-hydrogen) atoms. The Balaban J connectivity index is 2.55. The molecule has 98 valence electrons. The number of halogens is 1. The van der Waals surface area contributed by atoms with Crippen LogP contribution in [0.2, 0.25) is 0 Å².